The van der Waals surface area contributed by atoms with Crippen molar-refractivity contribution in [3.63, 3.8) is 0 Å². The maximum Gasteiger partial charge on any atom is 0.253 e. The summed E-state index contributed by atoms with van der Waals surface area (Å²) in [4.78, 5) is 14.8. The number of hydrogen-bond acceptors (Lipinski definition) is 3. The molecule has 0 saturated heterocycles. The Bertz CT molecular complexity index is 933. The van der Waals surface area contributed by atoms with Crippen molar-refractivity contribution in [1.29, 1.82) is 0 Å². The molecule has 6 nitrogen and oxygen atoms in total. The summed E-state index contributed by atoms with van der Waals surface area (Å²) in [6, 6.07) is 10.5. The van der Waals surface area contributed by atoms with E-state index in [1.54, 1.807) is 0 Å². The molecule has 27 heavy (non-hydrogen) atoms. The van der Waals surface area contributed by atoms with Crippen LogP contribution in [0.5, 0.6) is 0 Å². The third-order valence-corrected chi connectivity index (χ3v) is 5.34. The highest BCUT2D eigenvalue weighted by Gasteiger charge is 2.20. The predicted molar refractivity (Wildman–Crippen MR) is 107 cm³/mol. The van der Waals surface area contributed by atoms with E-state index in [0.29, 0.717) is 18.2 Å². The molecule has 0 spiro atoms. The zero-order valence-electron chi connectivity index (χ0n) is 16.1. The van der Waals surface area contributed by atoms with E-state index in [9.17, 15) is 4.79 Å². The van der Waals surface area contributed by atoms with Crippen molar-refractivity contribution < 1.29 is 4.79 Å². The lowest BCUT2D eigenvalue weighted by Crippen LogP contribution is -2.31. The van der Waals surface area contributed by atoms with Gasteiger partial charge in [-0.15, -0.1) is 0 Å². The number of carbonyl (C=O) groups excluding carboxylic acids is 1. The molecule has 3 aromatic rings. The van der Waals surface area contributed by atoms with Crippen molar-refractivity contribution in [2.24, 2.45) is 0 Å². The third-order valence-electron chi connectivity index (χ3n) is 5.34. The van der Waals surface area contributed by atoms with E-state index in [0.717, 1.165) is 23.4 Å². The van der Waals surface area contributed by atoms with Gasteiger partial charge in [-0.1, -0.05) is 18.9 Å². The maximum atomic E-state index is 12.7. The van der Waals surface area contributed by atoms with Gasteiger partial charge in [0.25, 0.3) is 5.91 Å². The summed E-state index contributed by atoms with van der Waals surface area (Å²) in [5.41, 5.74) is 3.47. The van der Waals surface area contributed by atoms with Crippen molar-refractivity contribution in [2.75, 3.05) is 27.2 Å². The molecular formula is C21H27N5O. The van der Waals surface area contributed by atoms with Crippen LogP contribution < -0.4 is 5.32 Å². The van der Waals surface area contributed by atoms with Gasteiger partial charge in [0.05, 0.1) is 22.8 Å². The van der Waals surface area contributed by atoms with Crippen LogP contribution in [-0.4, -0.2) is 52.2 Å². The van der Waals surface area contributed by atoms with E-state index in [-0.39, 0.29) is 5.91 Å². The Labute approximate surface area is 159 Å². The Balaban J connectivity index is 1.64. The topological polar surface area (TPSA) is 54.6 Å². The quantitative estimate of drug-likeness (QED) is 0.730. The van der Waals surface area contributed by atoms with E-state index in [4.69, 9.17) is 5.10 Å². The Morgan fingerprint density at radius 3 is 2.81 bits per heavy atom. The monoisotopic (exact) mass is 365 g/mol. The fourth-order valence-electron chi connectivity index (χ4n) is 3.87. The molecule has 1 amide bonds. The van der Waals surface area contributed by atoms with Crippen molar-refractivity contribution in [1.82, 2.24) is 24.4 Å². The summed E-state index contributed by atoms with van der Waals surface area (Å²) in [7, 11) is 4.00. The SMILES string of the molecule is CN(C)CCNC(=O)c1cc(-c2ccn(C3CCCC3)n2)n2ccccc12. The number of likely N-dealkylation sites (N-methyl/N-ethyl adjacent to an activating group) is 1. The third kappa shape index (κ3) is 3.62. The Morgan fingerprint density at radius 1 is 1.22 bits per heavy atom. The summed E-state index contributed by atoms with van der Waals surface area (Å²) in [6.07, 6.45) is 9.04. The summed E-state index contributed by atoms with van der Waals surface area (Å²) < 4.78 is 4.16. The molecule has 1 aliphatic carbocycles. The number of nitrogens with zero attached hydrogens (tertiary/aromatic N) is 4. The summed E-state index contributed by atoms with van der Waals surface area (Å²) in [5.74, 6) is -0.0398. The van der Waals surface area contributed by atoms with Crippen LogP contribution in [0.15, 0.2) is 42.7 Å². The number of nitrogens with one attached hydrogen (secondary N) is 1. The Morgan fingerprint density at radius 2 is 2.04 bits per heavy atom. The molecule has 6 heteroatoms. The first kappa shape index (κ1) is 17.8. The number of pyridine rings is 1. The first-order valence-electron chi connectivity index (χ1n) is 9.72. The van der Waals surface area contributed by atoms with Gasteiger partial charge in [0.2, 0.25) is 0 Å². The van der Waals surface area contributed by atoms with Crippen LogP contribution in [0.4, 0.5) is 0 Å². The Kier molecular flexibility index (Phi) is 4.99. The van der Waals surface area contributed by atoms with E-state index in [2.05, 4.69) is 31.6 Å². The van der Waals surface area contributed by atoms with Crippen LogP contribution in [0, 0.1) is 0 Å². The smallest absolute Gasteiger partial charge is 0.253 e. The van der Waals surface area contributed by atoms with Crippen LogP contribution in [0.2, 0.25) is 0 Å². The van der Waals surface area contributed by atoms with Gasteiger partial charge in [0.1, 0.15) is 5.69 Å². The zero-order chi connectivity index (χ0) is 18.8. The summed E-state index contributed by atoms with van der Waals surface area (Å²) in [6.45, 7) is 1.44. The molecule has 142 valence electrons. The average molecular weight is 365 g/mol. The fourth-order valence-corrected chi connectivity index (χ4v) is 3.87. The van der Waals surface area contributed by atoms with Gasteiger partial charge in [-0.05, 0) is 51.2 Å². The zero-order valence-corrected chi connectivity index (χ0v) is 16.1. The summed E-state index contributed by atoms with van der Waals surface area (Å²) in [5, 5.41) is 7.85. The lowest BCUT2D eigenvalue weighted by Gasteiger charge is -2.10. The molecule has 4 rings (SSSR count). The van der Waals surface area contributed by atoms with Crippen LogP contribution in [-0.2, 0) is 0 Å². The molecule has 1 N–H and O–H groups in total. The van der Waals surface area contributed by atoms with Gasteiger partial charge in [0, 0.05) is 25.5 Å². The highest BCUT2D eigenvalue weighted by Crippen LogP contribution is 2.31. The number of carbonyl (C=O) groups is 1. The first-order valence-corrected chi connectivity index (χ1v) is 9.72. The molecule has 0 aromatic carbocycles. The largest absolute Gasteiger partial charge is 0.351 e. The first-order chi connectivity index (χ1) is 13.1. The lowest BCUT2D eigenvalue weighted by molar-refractivity contribution is 0.0953. The molecule has 3 aromatic heterocycles. The highest BCUT2D eigenvalue weighted by molar-refractivity contribution is 6.02. The van der Waals surface area contributed by atoms with Crippen molar-refractivity contribution in [3.05, 3.63) is 48.3 Å². The second-order valence-corrected chi connectivity index (χ2v) is 7.58. The van der Waals surface area contributed by atoms with Crippen molar-refractivity contribution in [3.8, 4) is 11.4 Å². The molecule has 0 bridgehead atoms. The van der Waals surface area contributed by atoms with Crippen molar-refractivity contribution in [2.45, 2.75) is 31.7 Å². The fraction of sp³-hybridized carbons (Fsp3) is 0.429. The van der Waals surface area contributed by atoms with Crippen LogP contribution in [0.3, 0.4) is 0 Å². The van der Waals surface area contributed by atoms with Crippen LogP contribution >= 0.6 is 0 Å². The van der Waals surface area contributed by atoms with E-state index < -0.39 is 0 Å². The minimum Gasteiger partial charge on any atom is -0.351 e. The molecule has 1 aliphatic rings. The van der Waals surface area contributed by atoms with E-state index >= 15 is 0 Å². The minimum absolute atomic E-state index is 0.0398. The number of rotatable bonds is 6. The highest BCUT2D eigenvalue weighted by atomic mass is 16.1. The molecule has 0 aliphatic heterocycles. The van der Waals surface area contributed by atoms with Gasteiger partial charge < -0.3 is 14.6 Å². The summed E-state index contributed by atoms with van der Waals surface area (Å²) >= 11 is 0. The van der Waals surface area contributed by atoms with Gasteiger partial charge in [-0.3, -0.25) is 9.48 Å². The van der Waals surface area contributed by atoms with Gasteiger partial charge in [-0.25, -0.2) is 0 Å². The molecule has 0 radical (unpaired) electrons. The van der Waals surface area contributed by atoms with E-state index in [1.807, 2.05) is 44.6 Å². The second-order valence-electron chi connectivity index (χ2n) is 7.58. The number of amides is 1. The number of aromatic nitrogens is 3. The van der Waals surface area contributed by atoms with Gasteiger partial charge in [0.15, 0.2) is 0 Å². The van der Waals surface area contributed by atoms with Gasteiger partial charge in [-0.2, -0.15) is 5.10 Å². The molecule has 0 unspecified atom stereocenters. The molecular weight excluding hydrogens is 338 g/mol. The molecule has 1 saturated carbocycles. The van der Waals surface area contributed by atoms with Crippen LogP contribution in [0.1, 0.15) is 42.1 Å². The van der Waals surface area contributed by atoms with Crippen LogP contribution in [0.25, 0.3) is 16.9 Å². The molecule has 3 heterocycles. The van der Waals surface area contributed by atoms with E-state index in [1.165, 1.54) is 25.7 Å². The lowest BCUT2D eigenvalue weighted by atomic mass is 10.2. The predicted octanol–water partition coefficient (Wildman–Crippen LogP) is 3.21. The second kappa shape index (κ2) is 7.56. The standard InChI is InChI=1S/C21H27N5O/c1-24(2)14-11-22-21(27)17-15-20(25-12-6-5-9-19(17)25)18-10-13-26(23-18)16-7-3-4-8-16/h5-6,9-10,12-13,15-16H,3-4,7-8,11,14H2,1-2H3,(H,22,27). The minimum atomic E-state index is -0.0398. The maximum absolute atomic E-state index is 12.7. The van der Waals surface area contributed by atoms with Crippen molar-refractivity contribution >= 4 is 11.4 Å². The number of hydrogen-bond donors (Lipinski definition) is 1. The number of fused-ring (bicyclic) bond motifs is 1. The van der Waals surface area contributed by atoms with Gasteiger partial charge >= 0.3 is 0 Å². The average Bonchev–Trinajstić information content (AvgIpc) is 3.39. The Hall–Kier alpha value is -2.60. The molecule has 0 atom stereocenters. The molecule has 1 fully saturated rings. The normalized spacial score (nSPS) is 15.1.